The van der Waals surface area contributed by atoms with Crippen LogP contribution >= 0.6 is 0 Å². The Morgan fingerprint density at radius 3 is 2.56 bits per heavy atom. The third-order valence-electron chi connectivity index (χ3n) is 4.02. The Hall–Kier alpha value is -2.87. The SMILES string of the molecule is Cn1cc(C[C@@H](NC(=O)[C@@H](N)CCC(=O)O)C(=O)O)c2ccccc21. The first-order chi connectivity index (χ1) is 11.8. The van der Waals surface area contributed by atoms with Crippen LogP contribution in [-0.4, -0.2) is 44.7 Å². The number of benzene rings is 1. The molecule has 0 aliphatic rings. The molecule has 8 nitrogen and oxygen atoms in total. The first-order valence-electron chi connectivity index (χ1n) is 7.83. The van der Waals surface area contributed by atoms with Gasteiger partial charge in [-0.1, -0.05) is 18.2 Å². The number of amides is 1. The number of nitrogens with one attached hydrogen (secondary N) is 1. The van der Waals surface area contributed by atoms with Crippen molar-refractivity contribution in [3.63, 3.8) is 0 Å². The van der Waals surface area contributed by atoms with Crippen molar-refractivity contribution in [1.29, 1.82) is 0 Å². The number of carboxylic acid groups (broad SMARTS) is 2. The molecule has 2 atom stereocenters. The molecule has 0 bridgehead atoms. The van der Waals surface area contributed by atoms with Crippen LogP contribution < -0.4 is 11.1 Å². The molecular formula is C17H21N3O5. The quantitative estimate of drug-likeness (QED) is 0.549. The van der Waals surface area contributed by atoms with Gasteiger partial charge in [0.25, 0.3) is 0 Å². The van der Waals surface area contributed by atoms with Gasteiger partial charge < -0.3 is 25.8 Å². The summed E-state index contributed by atoms with van der Waals surface area (Å²) in [5, 5.41) is 21.3. The van der Waals surface area contributed by atoms with E-state index in [2.05, 4.69) is 5.32 Å². The smallest absolute Gasteiger partial charge is 0.326 e. The summed E-state index contributed by atoms with van der Waals surface area (Å²) < 4.78 is 1.89. The van der Waals surface area contributed by atoms with Crippen LogP contribution in [0.25, 0.3) is 10.9 Å². The highest BCUT2D eigenvalue weighted by atomic mass is 16.4. The molecular weight excluding hydrogens is 326 g/mol. The van der Waals surface area contributed by atoms with Gasteiger partial charge in [-0.05, 0) is 18.1 Å². The molecule has 0 radical (unpaired) electrons. The van der Waals surface area contributed by atoms with E-state index >= 15 is 0 Å². The molecule has 0 unspecified atom stereocenters. The van der Waals surface area contributed by atoms with Crippen LogP contribution in [0.4, 0.5) is 0 Å². The highest BCUT2D eigenvalue weighted by Gasteiger charge is 2.25. The molecule has 0 saturated carbocycles. The maximum Gasteiger partial charge on any atom is 0.326 e. The van der Waals surface area contributed by atoms with Gasteiger partial charge in [0.2, 0.25) is 5.91 Å². The molecule has 5 N–H and O–H groups in total. The van der Waals surface area contributed by atoms with Crippen LogP contribution in [0.15, 0.2) is 30.5 Å². The van der Waals surface area contributed by atoms with Crippen LogP contribution in [0, 0.1) is 0 Å². The number of rotatable bonds is 8. The lowest BCUT2D eigenvalue weighted by atomic mass is 10.0. The maximum atomic E-state index is 12.0. The second-order valence-electron chi connectivity index (χ2n) is 5.92. The van der Waals surface area contributed by atoms with E-state index < -0.39 is 29.9 Å². The molecule has 2 rings (SSSR count). The van der Waals surface area contributed by atoms with Gasteiger partial charge in [-0.2, -0.15) is 0 Å². The number of aromatic nitrogens is 1. The number of carboxylic acids is 2. The Kier molecular flexibility index (Phi) is 5.76. The molecule has 1 heterocycles. The lowest BCUT2D eigenvalue weighted by Gasteiger charge is -2.17. The normalized spacial score (nSPS) is 13.4. The van der Waals surface area contributed by atoms with Crippen LogP contribution in [0.5, 0.6) is 0 Å². The van der Waals surface area contributed by atoms with E-state index in [0.29, 0.717) is 0 Å². The molecule has 1 amide bonds. The number of nitrogens with zero attached hydrogens (tertiary/aromatic N) is 1. The number of hydrogen-bond donors (Lipinski definition) is 4. The van der Waals surface area contributed by atoms with Gasteiger partial charge in [0.05, 0.1) is 6.04 Å². The van der Waals surface area contributed by atoms with Gasteiger partial charge in [-0.15, -0.1) is 0 Å². The minimum absolute atomic E-state index is 0.0538. The average molecular weight is 347 g/mol. The standard InChI is InChI=1S/C17H21N3O5/c1-20-9-10(11-4-2-3-5-14(11)20)8-13(17(24)25)19-16(23)12(18)6-7-15(21)22/h2-5,9,12-13H,6-8,18H2,1H3,(H,19,23)(H,21,22)(H,24,25)/t12-,13+/m0/s1. The summed E-state index contributed by atoms with van der Waals surface area (Å²) in [7, 11) is 1.86. The Balaban J connectivity index is 2.11. The van der Waals surface area contributed by atoms with Gasteiger partial charge in [-0.25, -0.2) is 4.79 Å². The van der Waals surface area contributed by atoms with Crippen LogP contribution in [-0.2, 0) is 27.9 Å². The van der Waals surface area contributed by atoms with Gasteiger partial charge in [0.1, 0.15) is 6.04 Å². The molecule has 134 valence electrons. The Morgan fingerprint density at radius 1 is 1.24 bits per heavy atom. The minimum Gasteiger partial charge on any atom is -0.481 e. The fourth-order valence-corrected chi connectivity index (χ4v) is 2.70. The third-order valence-corrected chi connectivity index (χ3v) is 4.02. The zero-order valence-electron chi connectivity index (χ0n) is 13.8. The van der Waals surface area contributed by atoms with Gasteiger partial charge in [0.15, 0.2) is 0 Å². The first kappa shape index (κ1) is 18.5. The molecule has 0 aliphatic carbocycles. The third kappa shape index (κ3) is 4.57. The van der Waals surface area contributed by atoms with E-state index in [4.69, 9.17) is 10.8 Å². The molecule has 0 fully saturated rings. The van der Waals surface area contributed by atoms with E-state index in [0.717, 1.165) is 16.5 Å². The molecule has 1 aromatic carbocycles. The van der Waals surface area contributed by atoms with E-state index in [-0.39, 0.29) is 19.3 Å². The Morgan fingerprint density at radius 2 is 1.92 bits per heavy atom. The zero-order valence-corrected chi connectivity index (χ0v) is 13.8. The van der Waals surface area contributed by atoms with Crippen LogP contribution in [0.2, 0.25) is 0 Å². The van der Waals surface area contributed by atoms with E-state index in [1.54, 1.807) is 0 Å². The van der Waals surface area contributed by atoms with Crippen molar-refractivity contribution in [2.75, 3.05) is 0 Å². The molecule has 8 heteroatoms. The zero-order chi connectivity index (χ0) is 18.6. The van der Waals surface area contributed by atoms with Crippen molar-refractivity contribution in [2.45, 2.75) is 31.3 Å². The fourth-order valence-electron chi connectivity index (χ4n) is 2.70. The number of para-hydroxylation sites is 1. The van der Waals surface area contributed by atoms with E-state index in [9.17, 15) is 19.5 Å². The largest absolute Gasteiger partial charge is 0.481 e. The Labute approximate surface area is 144 Å². The van der Waals surface area contributed by atoms with Crippen LogP contribution in [0.3, 0.4) is 0 Å². The van der Waals surface area contributed by atoms with Crippen molar-refractivity contribution >= 4 is 28.7 Å². The minimum atomic E-state index is -1.17. The maximum absolute atomic E-state index is 12.0. The van der Waals surface area contributed by atoms with Crippen molar-refractivity contribution in [2.24, 2.45) is 12.8 Å². The summed E-state index contributed by atoms with van der Waals surface area (Å²) in [5.74, 6) is -2.91. The predicted octanol–water partition coefficient (Wildman–Crippen LogP) is 0.482. The number of hydrogen-bond acceptors (Lipinski definition) is 4. The summed E-state index contributed by atoms with van der Waals surface area (Å²) in [6.07, 6.45) is 1.63. The highest BCUT2D eigenvalue weighted by molar-refractivity contribution is 5.89. The number of fused-ring (bicyclic) bond motifs is 1. The summed E-state index contributed by atoms with van der Waals surface area (Å²) >= 11 is 0. The van der Waals surface area contributed by atoms with Crippen LogP contribution in [0.1, 0.15) is 18.4 Å². The van der Waals surface area contributed by atoms with E-state index in [1.807, 2.05) is 42.1 Å². The summed E-state index contributed by atoms with van der Waals surface area (Å²) in [5.41, 5.74) is 7.39. The molecule has 1 aromatic heterocycles. The lowest BCUT2D eigenvalue weighted by Crippen LogP contribution is -2.49. The van der Waals surface area contributed by atoms with Gasteiger partial charge >= 0.3 is 11.9 Å². The van der Waals surface area contributed by atoms with Crippen molar-refractivity contribution in [3.8, 4) is 0 Å². The molecule has 0 spiro atoms. The summed E-state index contributed by atoms with van der Waals surface area (Å²) in [6, 6.07) is 5.37. The topological polar surface area (TPSA) is 135 Å². The molecule has 0 saturated heterocycles. The summed E-state index contributed by atoms with van der Waals surface area (Å²) in [4.78, 5) is 34.1. The fraction of sp³-hybridized carbons (Fsp3) is 0.353. The van der Waals surface area contributed by atoms with Gasteiger partial charge in [-0.3, -0.25) is 9.59 Å². The average Bonchev–Trinajstić information content (AvgIpc) is 2.88. The van der Waals surface area contributed by atoms with Crippen molar-refractivity contribution < 1.29 is 24.6 Å². The predicted molar refractivity (Wildman–Crippen MR) is 91.0 cm³/mol. The van der Waals surface area contributed by atoms with Crippen molar-refractivity contribution in [3.05, 3.63) is 36.0 Å². The lowest BCUT2D eigenvalue weighted by molar-refractivity contribution is -0.142. The number of aliphatic carboxylic acids is 2. The van der Waals surface area contributed by atoms with Crippen molar-refractivity contribution in [1.82, 2.24) is 9.88 Å². The second kappa shape index (κ2) is 7.80. The molecule has 25 heavy (non-hydrogen) atoms. The number of nitrogens with two attached hydrogens (primary N) is 1. The first-order valence-corrected chi connectivity index (χ1v) is 7.83. The summed E-state index contributed by atoms with van der Waals surface area (Å²) in [6.45, 7) is 0. The molecule has 0 aliphatic heterocycles. The molecule has 2 aromatic rings. The number of aryl methyl sites for hydroxylation is 1. The second-order valence-corrected chi connectivity index (χ2v) is 5.92. The number of carbonyl (C=O) groups is 3. The number of carbonyl (C=O) groups excluding carboxylic acids is 1. The highest BCUT2D eigenvalue weighted by Crippen LogP contribution is 2.21. The van der Waals surface area contributed by atoms with E-state index in [1.165, 1.54) is 0 Å². The monoisotopic (exact) mass is 347 g/mol. The van der Waals surface area contributed by atoms with Gasteiger partial charge in [0, 0.05) is 37.0 Å². The Bertz CT molecular complexity index is 799.